The van der Waals surface area contributed by atoms with Gasteiger partial charge in [-0.3, -0.25) is 9.59 Å². The fraction of sp³-hybridized carbons (Fsp3) is 0.333. The second-order valence-electron chi connectivity index (χ2n) is 4.08. The minimum atomic E-state index is -0.723. The third kappa shape index (κ3) is 2.79. The van der Waals surface area contributed by atoms with Crippen LogP contribution in [0.4, 0.5) is 10.1 Å². The minimum Gasteiger partial charge on any atom is -0.334 e. The lowest BCUT2D eigenvalue weighted by Gasteiger charge is -2.14. The van der Waals surface area contributed by atoms with Crippen molar-refractivity contribution in [3.8, 4) is 0 Å². The second-order valence-corrected chi connectivity index (χ2v) is 4.49. The zero-order valence-corrected chi connectivity index (χ0v) is 10.3. The lowest BCUT2D eigenvalue weighted by molar-refractivity contribution is -0.142. The summed E-state index contributed by atoms with van der Waals surface area (Å²) in [5, 5.41) is 2.31. The summed E-state index contributed by atoms with van der Waals surface area (Å²) in [5.74, 6) is -1.85. The Morgan fingerprint density at radius 1 is 1.28 bits per heavy atom. The van der Waals surface area contributed by atoms with Crippen LogP contribution in [0.15, 0.2) is 18.2 Å². The average molecular weight is 271 g/mol. The Hall–Kier alpha value is -1.62. The molecule has 2 rings (SSSR count). The zero-order valence-electron chi connectivity index (χ0n) is 9.58. The summed E-state index contributed by atoms with van der Waals surface area (Å²) >= 11 is 5.58. The number of nitrogens with one attached hydrogen (secondary N) is 1. The number of nitrogens with zero attached hydrogens (tertiary/aromatic N) is 1. The third-order valence-electron chi connectivity index (χ3n) is 2.76. The third-order valence-corrected chi connectivity index (χ3v) is 3.05. The molecule has 18 heavy (non-hydrogen) atoms. The van der Waals surface area contributed by atoms with Gasteiger partial charge in [0.05, 0.1) is 5.02 Å². The molecule has 1 heterocycles. The van der Waals surface area contributed by atoms with E-state index in [-0.39, 0.29) is 5.02 Å². The normalized spacial score (nSPS) is 14.7. The van der Waals surface area contributed by atoms with Crippen molar-refractivity contribution in [2.45, 2.75) is 12.8 Å². The number of amides is 2. The van der Waals surface area contributed by atoms with Crippen molar-refractivity contribution in [1.29, 1.82) is 0 Å². The summed E-state index contributed by atoms with van der Waals surface area (Å²) in [6.07, 6.45) is 1.84. The second kappa shape index (κ2) is 5.35. The number of halogens is 2. The summed E-state index contributed by atoms with van der Waals surface area (Å²) in [7, 11) is 0. The Balaban J connectivity index is 2.01. The number of carbonyl (C=O) groups is 2. The molecule has 0 aromatic heterocycles. The number of benzene rings is 1. The Morgan fingerprint density at radius 2 is 1.94 bits per heavy atom. The molecule has 1 aromatic rings. The molecule has 0 radical (unpaired) electrons. The molecule has 0 atom stereocenters. The van der Waals surface area contributed by atoms with Gasteiger partial charge in [0.1, 0.15) is 5.82 Å². The van der Waals surface area contributed by atoms with E-state index in [0.717, 1.165) is 18.9 Å². The van der Waals surface area contributed by atoms with Crippen LogP contribution in [0.1, 0.15) is 12.8 Å². The topological polar surface area (TPSA) is 49.4 Å². The van der Waals surface area contributed by atoms with E-state index in [2.05, 4.69) is 5.32 Å². The highest BCUT2D eigenvalue weighted by atomic mass is 35.5. The van der Waals surface area contributed by atoms with Crippen LogP contribution < -0.4 is 5.32 Å². The first-order chi connectivity index (χ1) is 8.58. The van der Waals surface area contributed by atoms with Crippen molar-refractivity contribution in [3.05, 3.63) is 29.0 Å². The molecular weight excluding hydrogens is 259 g/mol. The van der Waals surface area contributed by atoms with Gasteiger partial charge in [-0.05, 0) is 31.0 Å². The maximum atomic E-state index is 12.9. The van der Waals surface area contributed by atoms with Crippen LogP contribution in [0.2, 0.25) is 5.02 Å². The number of hydrogen-bond acceptors (Lipinski definition) is 2. The predicted octanol–water partition coefficient (Wildman–Crippen LogP) is 2.04. The highest BCUT2D eigenvalue weighted by Crippen LogP contribution is 2.19. The summed E-state index contributed by atoms with van der Waals surface area (Å²) in [6.45, 7) is 1.22. The molecule has 2 amide bonds. The van der Waals surface area contributed by atoms with Gasteiger partial charge < -0.3 is 10.2 Å². The molecule has 0 aliphatic carbocycles. The highest BCUT2D eigenvalue weighted by Gasteiger charge is 2.24. The van der Waals surface area contributed by atoms with Crippen molar-refractivity contribution in [1.82, 2.24) is 4.90 Å². The van der Waals surface area contributed by atoms with Crippen molar-refractivity contribution >= 4 is 29.1 Å². The van der Waals surface area contributed by atoms with Gasteiger partial charge in [0.15, 0.2) is 0 Å². The predicted molar refractivity (Wildman–Crippen MR) is 65.9 cm³/mol. The van der Waals surface area contributed by atoms with E-state index in [0.29, 0.717) is 18.8 Å². The van der Waals surface area contributed by atoms with Crippen molar-refractivity contribution in [2.24, 2.45) is 0 Å². The number of hydrogen-bond donors (Lipinski definition) is 1. The van der Waals surface area contributed by atoms with Crippen LogP contribution >= 0.6 is 11.6 Å². The van der Waals surface area contributed by atoms with Crippen LogP contribution in [-0.4, -0.2) is 29.8 Å². The molecule has 6 heteroatoms. The molecule has 1 aromatic carbocycles. The molecule has 0 spiro atoms. The summed E-state index contributed by atoms with van der Waals surface area (Å²) in [6, 6.07) is 3.76. The van der Waals surface area contributed by atoms with E-state index in [9.17, 15) is 14.0 Å². The van der Waals surface area contributed by atoms with E-state index < -0.39 is 17.6 Å². The van der Waals surface area contributed by atoms with Crippen LogP contribution in [-0.2, 0) is 9.59 Å². The number of carbonyl (C=O) groups excluding carboxylic acids is 2. The van der Waals surface area contributed by atoms with Crippen LogP contribution in [0.5, 0.6) is 0 Å². The van der Waals surface area contributed by atoms with Gasteiger partial charge in [0.2, 0.25) is 0 Å². The first kappa shape index (κ1) is 12.8. The Morgan fingerprint density at radius 3 is 2.56 bits per heavy atom. The molecule has 4 nitrogen and oxygen atoms in total. The molecule has 0 unspecified atom stereocenters. The van der Waals surface area contributed by atoms with E-state index in [1.54, 1.807) is 0 Å². The lowest BCUT2D eigenvalue weighted by Crippen LogP contribution is -2.37. The monoisotopic (exact) mass is 270 g/mol. The molecule has 96 valence electrons. The molecule has 0 saturated carbocycles. The van der Waals surface area contributed by atoms with E-state index in [1.807, 2.05) is 0 Å². The molecular formula is C12H12ClFN2O2. The molecule has 0 bridgehead atoms. The van der Waals surface area contributed by atoms with Gasteiger partial charge in [0.25, 0.3) is 0 Å². The largest absolute Gasteiger partial charge is 0.334 e. The molecule has 1 aliphatic heterocycles. The van der Waals surface area contributed by atoms with Crippen LogP contribution in [0.25, 0.3) is 0 Å². The Kier molecular flexibility index (Phi) is 3.81. The highest BCUT2D eigenvalue weighted by molar-refractivity contribution is 6.39. The SMILES string of the molecule is O=C(Nc1ccc(F)c(Cl)c1)C(=O)N1CCCC1. The molecule has 1 saturated heterocycles. The Labute approximate surface area is 109 Å². The maximum Gasteiger partial charge on any atom is 0.313 e. The number of anilines is 1. The molecule has 1 fully saturated rings. The minimum absolute atomic E-state index is 0.0959. The number of likely N-dealkylation sites (tertiary alicyclic amines) is 1. The van der Waals surface area contributed by atoms with Gasteiger partial charge in [-0.2, -0.15) is 0 Å². The van der Waals surface area contributed by atoms with Gasteiger partial charge in [-0.15, -0.1) is 0 Å². The molecule has 1 aliphatic rings. The standard InChI is InChI=1S/C12H12ClFN2O2/c13-9-7-8(3-4-10(9)14)15-11(17)12(18)16-5-1-2-6-16/h3-4,7H,1-2,5-6H2,(H,15,17). The first-order valence-electron chi connectivity index (χ1n) is 5.63. The average Bonchev–Trinajstić information content (AvgIpc) is 2.86. The quantitative estimate of drug-likeness (QED) is 0.794. The van der Waals surface area contributed by atoms with Gasteiger partial charge in [0, 0.05) is 18.8 Å². The van der Waals surface area contributed by atoms with Crippen molar-refractivity contribution < 1.29 is 14.0 Å². The lowest BCUT2D eigenvalue weighted by atomic mass is 10.3. The summed E-state index contributed by atoms with van der Waals surface area (Å²) < 4.78 is 12.9. The van der Waals surface area contributed by atoms with Gasteiger partial charge in [-0.1, -0.05) is 11.6 Å². The van der Waals surface area contributed by atoms with Gasteiger partial charge >= 0.3 is 11.8 Å². The van der Waals surface area contributed by atoms with Crippen LogP contribution in [0, 0.1) is 5.82 Å². The van der Waals surface area contributed by atoms with Gasteiger partial charge in [-0.25, -0.2) is 4.39 Å². The van der Waals surface area contributed by atoms with E-state index in [4.69, 9.17) is 11.6 Å². The Bertz CT molecular complexity index is 487. The zero-order chi connectivity index (χ0) is 13.1. The van der Waals surface area contributed by atoms with Crippen molar-refractivity contribution in [3.63, 3.8) is 0 Å². The van der Waals surface area contributed by atoms with E-state index >= 15 is 0 Å². The maximum absolute atomic E-state index is 12.9. The van der Waals surface area contributed by atoms with E-state index in [1.165, 1.54) is 17.0 Å². The summed E-state index contributed by atoms with van der Waals surface area (Å²) in [5.41, 5.74) is 0.305. The first-order valence-corrected chi connectivity index (χ1v) is 6.01. The number of rotatable bonds is 1. The fourth-order valence-electron chi connectivity index (χ4n) is 1.82. The van der Waals surface area contributed by atoms with Crippen LogP contribution in [0.3, 0.4) is 0 Å². The summed E-state index contributed by atoms with van der Waals surface area (Å²) in [4.78, 5) is 24.9. The van der Waals surface area contributed by atoms with Crippen molar-refractivity contribution in [2.75, 3.05) is 18.4 Å². The smallest absolute Gasteiger partial charge is 0.313 e. The fourth-order valence-corrected chi connectivity index (χ4v) is 2.00. The molecule has 1 N–H and O–H groups in total.